The van der Waals surface area contributed by atoms with E-state index >= 15 is 0 Å². The molecule has 2 N–H and O–H groups in total. The molecular weight excluding hydrogens is 449 g/mol. The van der Waals surface area contributed by atoms with Crippen molar-refractivity contribution >= 4 is 17.5 Å². The number of benzene rings is 1. The molecule has 3 heterocycles. The van der Waals surface area contributed by atoms with Crippen LogP contribution in [0.2, 0.25) is 0 Å². The zero-order chi connectivity index (χ0) is 24.5. The van der Waals surface area contributed by atoms with Crippen molar-refractivity contribution in [1.29, 1.82) is 5.26 Å². The van der Waals surface area contributed by atoms with Gasteiger partial charge in [0.05, 0.1) is 23.1 Å². The van der Waals surface area contributed by atoms with Crippen LogP contribution in [0.15, 0.2) is 36.7 Å². The third-order valence-electron chi connectivity index (χ3n) is 6.71. The number of alkyl halides is 3. The standard InChI is InChI=1S/C23H23F3N6O2/c24-23(25,26)19-10-16(3-2-15(19)11-27)32-12-17(18(13-32)20(28)33)14-4-8-31(9-5-14)22(34)21-29-6-1-7-30-21/h1-3,6-7,10,14,17-18H,4-5,8-9,12-13H2,(H2,28,33)/t17-,18+/m0/s1. The summed E-state index contributed by atoms with van der Waals surface area (Å²) in [6.07, 6.45) is -0.370. The number of primary amides is 1. The summed E-state index contributed by atoms with van der Waals surface area (Å²) in [5.74, 6) is -1.19. The molecule has 1 aromatic carbocycles. The second kappa shape index (κ2) is 9.29. The van der Waals surface area contributed by atoms with Gasteiger partial charge in [-0.2, -0.15) is 18.4 Å². The smallest absolute Gasteiger partial charge is 0.370 e. The van der Waals surface area contributed by atoms with E-state index in [2.05, 4.69) is 9.97 Å². The first-order valence-corrected chi connectivity index (χ1v) is 10.9. The molecule has 2 fully saturated rings. The predicted molar refractivity (Wildman–Crippen MR) is 115 cm³/mol. The minimum absolute atomic E-state index is 0.0868. The molecule has 0 aliphatic carbocycles. The number of hydrogen-bond acceptors (Lipinski definition) is 6. The molecule has 178 valence electrons. The van der Waals surface area contributed by atoms with Crippen molar-refractivity contribution in [3.63, 3.8) is 0 Å². The number of piperidine rings is 1. The molecule has 0 spiro atoms. The molecule has 8 nitrogen and oxygen atoms in total. The number of halogens is 3. The van der Waals surface area contributed by atoms with Crippen molar-refractivity contribution in [2.24, 2.45) is 23.5 Å². The van der Waals surface area contributed by atoms with Gasteiger partial charge in [0.2, 0.25) is 11.7 Å². The first-order chi connectivity index (χ1) is 16.2. The van der Waals surface area contributed by atoms with Gasteiger partial charge in [-0.3, -0.25) is 9.59 Å². The van der Waals surface area contributed by atoms with Crippen molar-refractivity contribution in [3.05, 3.63) is 53.6 Å². The molecule has 0 bridgehead atoms. The van der Waals surface area contributed by atoms with Crippen molar-refractivity contribution in [1.82, 2.24) is 14.9 Å². The van der Waals surface area contributed by atoms with Gasteiger partial charge in [-0.25, -0.2) is 9.97 Å². The number of nitrogens with two attached hydrogens (primary N) is 1. The van der Waals surface area contributed by atoms with Gasteiger partial charge in [-0.15, -0.1) is 0 Å². The van der Waals surface area contributed by atoms with Crippen LogP contribution in [0.1, 0.15) is 34.6 Å². The Balaban J connectivity index is 1.48. The Hall–Kier alpha value is -3.68. The summed E-state index contributed by atoms with van der Waals surface area (Å²) in [6, 6.07) is 6.79. The average molecular weight is 472 g/mol. The number of amides is 2. The third kappa shape index (κ3) is 4.66. The van der Waals surface area contributed by atoms with E-state index in [0.29, 0.717) is 38.2 Å². The van der Waals surface area contributed by atoms with Crippen LogP contribution in [-0.4, -0.2) is 52.9 Å². The van der Waals surface area contributed by atoms with E-state index in [-0.39, 0.29) is 30.1 Å². The SMILES string of the molecule is N#Cc1ccc(N2C[C@@H](C(N)=O)[C@H](C3CCN(C(=O)c4ncccn4)CC3)C2)cc1C(F)(F)F. The minimum atomic E-state index is -4.66. The summed E-state index contributed by atoms with van der Waals surface area (Å²) in [6.45, 7) is 1.52. The zero-order valence-corrected chi connectivity index (χ0v) is 18.2. The second-order valence-electron chi connectivity index (χ2n) is 8.62. The molecule has 1 aromatic heterocycles. The lowest BCUT2D eigenvalue weighted by Gasteiger charge is -2.35. The Morgan fingerprint density at radius 1 is 1.12 bits per heavy atom. The van der Waals surface area contributed by atoms with E-state index in [1.165, 1.54) is 18.5 Å². The van der Waals surface area contributed by atoms with Crippen LogP contribution in [0, 0.1) is 29.1 Å². The van der Waals surface area contributed by atoms with Gasteiger partial charge in [0.15, 0.2) is 0 Å². The van der Waals surface area contributed by atoms with Crippen molar-refractivity contribution in [2.45, 2.75) is 19.0 Å². The highest BCUT2D eigenvalue weighted by Crippen LogP contribution is 2.40. The molecule has 2 aliphatic heterocycles. The number of nitrogens with zero attached hydrogens (tertiary/aromatic N) is 5. The van der Waals surface area contributed by atoms with Gasteiger partial charge in [-0.1, -0.05) is 0 Å². The summed E-state index contributed by atoms with van der Waals surface area (Å²) in [4.78, 5) is 36.2. The monoisotopic (exact) mass is 472 g/mol. The van der Waals surface area contributed by atoms with Gasteiger partial charge >= 0.3 is 6.18 Å². The Labute approximate surface area is 194 Å². The predicted octanol–water partition coefficient (Wildman–Crippen LogP) is 2.46. The van der Waals surface area contributed by atoms with Gasteiger partial charge in [0.25, 0.3) is 5.91 Å². The molecule has 34 heavy (non-hydrogen) atoms. The van der Waals surface area contributed by atoms with Crippen LogP contribution >= 0.6 is 0 Å². The Morgan fingerprint density at radius 2 is 1.79 bits per heavy atom. The lowest BCUT2D eigenvalue weighted by Crippen LogP contribution is -2.43. The number of anilines is 1. The lowest BCUT2D eigenvalue weighted by atomic mass is 9.78. The summed E-state index contributed by atoms with van der Waals surface area (Å²) in [7, 11) is 0. The van der Waals surface area contributed by atoms with E-state index in [9.17, 15) is 22.8 Å². The van der Waals surface area contributed by atoms with Crippen molar-refractivity contribution < 1.29 is 22.8 Å². The van der Waals surface area contributed by atoms with Crippen molar-refractivity contribution in [3.8, 4) is 6.07 Å². The molecular formula is C23H23F3N6O2. The van der Waals surface area contributed by atoms with E-state index in [1.807, 2.05) is 0 Å². The Bertz CT molecular complexity index is 1110. The van der Waals surface area contributed by atoms with Crippen LogP contribution in [0.3, 0.4) is 0 Å². The third-order valence-corrected chi connectivity index (χ3v) is 6.71. The quantitative estimate of drug-likeness (QED) is 0.731. The fourth-order valence-corrected chi connectivity index (χ4v) is 4.96. The van der Waals surface area contributed by atoms with E-state index in [4.69, 9.17) is 11.0 Å². The highest BCUT2D eigenvalue weighted by atomic mass is 19.4. The first-order valence-electron chi connectivity index (χ1n) is 10.9. The van der Waals surface area contributed by atoms with E-state index in [1.54, 1.807) is 21.9 Å². The minimum Gasteiger partial charge on any atom is -0.370 e. The molecule has 2 saturated heterocycles. The fraction of sp³-hybridized carbons (Fsp3) is 0.435. The van der Waals surface area contributed by atoms with Gasteiger partial charge in [0.1, 0.15) is 0 Å². The molecule has 2 aromatic rings. The maximum Gasteiger partial charge on any atom is 0.417 e. The van der Waals surface area contributed by atoms with Gasteiger partial charge < -0.3 is 15.5 Å². The van der Waals surface area contributed by atoms with Crippen LogP contribution < -0.4 is 10.6 Å². The van der Waals surface area contributed by atoms with E-state index < -0.39 is 29.1 Å². The van der Waals surface area contributed by atoms with Crippen molar-refractivity contribution in [2.75, 3.05) is 31.1 Å². The van der Waals surface area contributed by atoms with Crippen LogP contribution in [0.25, 0.3) is 0 Å². The number of aromatic nitrogens is 2. The van der Waals surface area contributed by atoms with E-state index in [0.717, 1.165) is 12.1 Å². The average Bonchev–Trinajstić information content (AvgIpc) is 3.29. The summed E-state index contributed by atoms with van der Waals surface area (Å²) in [5.41, 5.74) is 4.52. The number of likely N-dealkylation sites (tertiary alicyclic amines) is 1. The Morgan fingerprint density at radius 3 is 2.38 bits per heavy atom. The number of carbonyl (C=O) groups is 2. The van der Waals surface area contributed by atoms with Crippen LogP contribution in [0.5, 0.6) is 0 Å². The zero-order valence-electron chi connectivity index (χ0n) is 18.2. The number of hydrogen-bond donors (Lipinski definition) is 1. The summed E-state index contributed by atoms with van der Waals surface area (Å²) in [5, 5.41) is 9.04. The molecule has 2 aliphatic rings. The van der Waals surface area contributed by atoms with Gasteiger partial charge in [-0.05, 0) is 48.9 Å². The molecule has 2 atom stereocenters. The maximum absolute atomic E-state index is 13.4. The molecule has 4 rings (SSSR count). The molecule has 0 radical (unpaired) electrons. The van der Waals surface area contributed by atoms with Crippen LogP contribution in [0.4, 0.5) is 18.9 Å². The molecule has 0 saturated carbocycles. The molecule has 2 amide bonds. The Kier molecular flexibility index (Phi) is 6.41. The summed E-state index contributed by atoms with van der Waals surface area (Å²) >= 11 is 0. The van der Waals surface area contributed by atoms with Crippen LogP contribution in [-0.2, 0) is 11.0 Å². The number of rotatable bonds is 4. The first kappa shape index (κ1) is 23.5. The van der Waals surface area contributed by atoms with Gasteiger partial charge in [0, 0.05) is 44.3 Å². The highest BCUT2D eigenvalue weighted by molar-refractivity contribution is 5.90. The normalized spacial score (nSPS) is 21.4. The molecule has 11 heteroatoms. The second-order valence-corrected chi connectivity index (χ2v) is 8.62. The topological polar surface area (TPSA) is 116 Å². The fourth-order valence-electron chi connectivity index (χ4n) is 4.96. The number of nitriles is 1. The highest BCUT2D eigenvalue weighted by Gasteiger charge is 2.43. The number of carbonyl (C=O) groups excluding carboxylic acids is 2. The molecule has 0 unspecified atom stereocenters. The lowest BCUT2D eigenvalue weighted by molar-refractivity contribution is -0.137. The summed E-state index contributed by atoms with van der Waals surface area (Å²) < 4.78 is 40.2. The largest absolute Gasteiger partial charge is 0.417 e. The maximum atomic E-state index is 13.4.